The first-order chi connectivity index (χ1) is 12.0. The molecule has 2 N–H and O–H groups in total. The highest BCUT2D eigenvalue weighted by Gasteiger charge is 2.26. The van der Waals surface area contributed by atoms with E-state index in [1.165, 1.54) is 12.4 Å². The van der Waals surface area contributed by atoms with E-state index < -0.39 is 17.7 Å². The molecule has 2 heterocycles. The summed E-state index contributed by atoms with van der Waals surface area (Å²) in [4.78, 5) is 33.4. The molecule has 0 fully saturated rings. The Hall–Kier alpha value is -3.22. The third-order valence-corrected chi connectivity index (χ3v) is 3.82. The van der Waals surface area contributed by atoms with E-state index in [9.17, 15) is 14.7 Å². The molecular weight excluding hydrogens is 320 g/mol. The van der Waals surface area contributed by atoms with Crippen LogP contribution in [-0.4, -0.2) is 38.0 Å². The number of carbonyl (C=O) groups excluding carboxylic acids is 2. The van der Waals surface area contributed by atoms with E-state index in [1.54, 1.807) is 31.2 Å². The number of aromatic nitrogens is 3. The van der Waals surface area contributed by atoms with Crippen LogP contribution in [0, 0.1) is 6.92 Å². The Bertz CT molecular complexity index is 945. The number of nitrogens with zero attached hydrogens (tertiary/aromatic N) is 3. The van der Waals surface area contributed by atoms with Gasteiger partial charge < -0.3 is 10.4 Å². The molecule has 0 spiro atoms. The fourth-order valence-electron chi connectivity index (χ4n) is 2.60. The van der Waals surface area contributed by atoms with Gasteiger partial charge in [-0.05, 0) is 19.4 Å². The van der Waals surface area contributed by atoms with E-state index in [0.717, 1.165) is 11.0 Å². The second-order valence-electron chi connectivity index (χ2n) is 5.66. The van der Waals surface area contributed by atoms with Gasteiger partial charge in [-0.3, -0.25) is 9.78 Å². The molecule has 2 aromatic heterocycles. The van der Waals surface area contributed by atoms with Gasteiger partial charge >= 0.3 is 6.03 Å². The van der Waals surface area contributed by atoms with Crippen LogP contribution in [0.15, 0.2) is 36.7 Å². The average Bonchev–Trinajstić information content (AvgIpc) is 2.91. The summed E-state index contributed by atoms with van der Waals surface area (Å²) in [5, 5.41) is 13.8. The number of nitrogens with one attached hydrogen (secondary N) is 1. The molecule has 1 aromatic carbocycles. The maximum Gasteiger partial charge on any atom is 0.328 e. The molecule has 3 aromatic rings. The Balaban J connectivity index is 2.15. The average molecular weight is 338 g/mol. The number of ketones is 1. The predicted octanol–water partition coefficient (Wildman–Crippen LogP) is 2.64. The molecular formula is C18H18N4O3. The van der Waals surface area contributed by atoms with E-state index in [-0.39, 0.29) is 11.3 Å². The molecule has 0 aliphatic heterocycles. The monoisotopic (exact) mass is 338 g/mol. The molecule has 0 atom stereocenters. The minimum absolute atomic E-state index is 0.0420. The van der Waals surface area contributed by atoms with Crippen LogP contribution in [0.3, 0.4) is 0 Å². The van der Waals surface area contributed by atoms with Crippen LogP contribution in [0.1, 0.15) is 35.1 Å². The zero-order valence-corrected chi connectivity index (χ0v) is 14.0. The molecule has 0 saturated heterocycles. The molecule has 0 unspecified atom stereocenters. The maximum atomic E-state index is 12.8. The highest BCUT2D eigenvalue weighted by Crippen LogP contribution is 2.32. The molecule has 25 heavy (non-hydrogen) atoms. The van der Waals surface area contributed by atoms with Gasteiger partial charge in [0.05, 0.1) is 23.0 Å². The lowest BCUT2D eigenvalue weighted by molar-refractivity contribution is 0.103. The number of aryl methyl sites for hydroxylation is 1. The fourth-order valence-corrected chi connectivity index (χ4v) is 2.60. The predicted molar refractivity (Wildman–Crippen MR) is 92.9 cm³/mol. The highest BCUT2D eigenvalue weighted by atomic mass is 16.3. The molecule has 128 valence electrons. The van der Waals surface area contributed by atoms with Gasteiger partial charge in [-0.15, -0.1) is 0 Å². The van der Waals surface area contributed by atoms with Crippen LogP contribution in [0.4, 0.5) is 4.79 Å². The summed E-state index contributed by atoms with van der Waals surface area (Å²) >= 11 is 0. The van der Waals surface area contributed by atoms with Crippen molar-refractivity contribution in [3.8, 4) is 5.88 Å². The first kappa shape index (κ1) is 16.6. The second kappa shape index (κ2) is 6.72. The zero-order valence-electron chi connectivity index (χ0n) is 14.0. The Kier molecular flexibility index (Phi) is 4.47. The van der Waals surface area contributed by atoms with Crippen molar-refractivity contribution >= 4 is 22.7 Å². The summed E-state index contributed by atoms with van der Waals surface area (Å²) < 4.78 is 1.11. The van der Waals surface area contributed by atoms with Crippen molar-refractivity contribution in [2.24, 2.45) is 0 Å². The zero-order chi connectivity index (χ0) is 18.0. The molecule has 3 rings (SSSR count). The Morgan fingerprint density at radius 1 is 1.20 bits per heavy atom. The second-order valence-corrected chi connectivity index (χ2v) is 5.66. The summed E-state index contributed by atoms with van der Waals surface area (Å²) in [5.41, 5.74) is 1.29. The van der Waals surface area contributed by atoms with Crippen LogP contribution in [-0.2, 0) is 0 Å². The molecule has 0 aliphatic rings. The van der Waals surface area contributed by atoms with Crippen LogP contribution in [0.2, 0.25) is 0 Å². The maximum absolute atomic E-state index is 12.8. The van der Waals surface area contributed by atoms with Crippen molar-refractivity contribution in [3.63, 3.8) is 0 Å². The van der Waals surface area contributed by atoms with Crippen molar-refractivity contribution in [2.45, 2.75) is 20.3 Å². The summed E-state index contributed by atoms with van der Waals surface area (Å²) in [6.07, 6.45) is 3.61. The molecule has 0 saturated carbocycles. The summed E-state index contributed by atoms with van der Waals surface area (Å²) in [7, 11) is 0. The van der Waals surface area contributed by atoms with Crippen LogP contribution in [0.5, 0.6) is 5.88 Å². The van der Waals surface area contributed by atoms with Gasteiger partial charge in [0, 0.05) is 18.1 Å². The Morgan fingerprint density at radius 3 is 2.64 bits per heavy atom. The number of benzene rings is 1. The number of hydrogen-bond acceptors (Lipinski definition) is 5. The quantitative estimate of drug-likeness (QED) is 0.713. The van der Waals surface area contributed by atoms with Crippen LogP contribution in [0.25, 0.3) is 10.9 Å². The summed E-state index contributed by atoms with van der Waals surface area (Å²) in [6, 6.07) is 6.37. The van der Waals surface area contributed by atoms with Crippen molar-refractivity contribution in [3.05, 3.63) is 53.6 Å². The SMILES string of the molecule is CCCNC(=O)n1c(O)c(C(=O)c2cnc(C)cn2)c2ccccc21. The smallest absolute Gasteiger partial charge is 0.328 e. The van der Waals surface area contributed by atoms with Crippen molar-refractivity contribution in [2.75, 3.05) is 6.54 Å². The number of aromatic hydroxyl groups is 1. The third kappa shape index (κ3) is 2.96. The number of amides is 1. The first-order valence-electron chi connectivity index (χ1n) is 7.98. The lowest BCUT2D eigenvalue weighted by Gasteiger charge is -2.07. The first-order valence-corrected chi connectivity index (χ1v) is 7.98. The lowest BCUT2D eigenvalue weighted by atomic mass is 10.1. The number of fused-ring (bicyclic) bond motifs is 1. The standard InChI is InChI=1S/C18H18N4O3/c1-3-8-19-18(25)22-14-7-5-4-6-12(14)15(17(22)24)16(23)13-10-20-11(2)9-21-13/h4-7,9-10,24H,3,8H2,1-2H3,(H,19,25). The van der Waals surface area contributed by atoms with Gasteiger partial charge in [-0.1, -0.05) is 25.1 Å². The van der Waals surface area contributed by atoms with Crippen molar-refractivity contribution in [1.82, 2.24) is 19.9 Å². The number of rotatable bonds is 4. The lowest BCUT2D eigenvalue weighted by Crippen LogP contribution is -2.28. The van der Waals surface area contributed by atoms with Crippen molar-refractivity contribution in [1.29, 1.82) is 0 Å². The molecule has 0 radical (unpaired) electrons. The van der Waals surface area contributed by atoms with Crippen molar-refractivity contribution < 1.29 is 14.7 Å². The summed E-state index contributed by atoms with van der Waals surface area (Å²) in [5.74, 6) is -0.884. The minimum atomic E-state index is -0.483. The van der Waals surface area contributed by atoms with Gasteiger partial charge in [0.25, 0.3) is 0 Å². The summed E-state index contributed by atoms with van der Waals surface area (Å²) in [6.45, 7) is 4.17. The number of hydrogen-bond donors (Lipinski definition) is 2. The van der Waals surface area contributed by atoms with E-state index in [1.807, 2.05) is 6.92 Å². The Labute approximate surface area is 144 Å². The van der Waals surface area contributed by atoms with E-state index in [2.05, 4.69) is 15.3 Å². The Morgan fingerprint density at radius 2 is 1.96 bits per heavy atom. The van der Waals surface area contributed by atoms with Gasteiger partial charge in [0.2, 0.25) is 11.7 Å². The molecule has 7 nitrogen and oxygen atoms in total. The van der Waals surface area contributed by atoms with Gasteiger partial charge in [-0.2, -0.15) is 0 Å². The molecule has 1 amide bonds. The van der Waals surface area contributed by atoms with Crippen LogP contribution < -0.4 is 5.32 Å². The van der Waals surface area contributed by atoms with Gasteiger partial charge in [0.15, 0.2) is 0 Å². The fraction of sp³-hybridized carbons (Fsp3) is 0.222. The molecule has 0 aliphatic carbocycles. The molecule has 7 heteroatoms. The third-order valence-electron chi connectivity index (χ3n) is 3.82. The van der Waals surface area contributed by atoms with Gasteiger partial charge in [0.1, 0.15) is 5.69 Å². The largest absolute Gasteiger partial charge is 0.494 e. The van der Waals surface area contributed by atoms with E-state index in [4.69, 9.17) is 0 Å². The van der Waals surface area contributed by atoms with Crippen LogP contribution >= 0.6 is 0 Å². The minimum Gasteiger partial charge on any atom is -0.494 e. The highest BCUT2D eigenvalue weighted by molar-refractivity contribution is 6.18. The molecule has 0 bridgehead atoms. The number of carbonyl (C=O) groups is 2. The topological polar surface area (TPSA) is 97.1 Å². The van der Waals surface area contributed by atoms with E-state index >= 15 is 0 Å². The van der Waals surface area contributed by atoms with Gasteiger partial charge in [-0.25, -0.2) is 14.3 Å². The normalized spacial score (nSPS) is 10.8. The number of para-hydroxylation sites is 1. The van der Waals surface area contributed by atoms with E-state index in [0.29, 0.717) is 23.1 Å².